The first kappa shape index (κ1) is 14.1. The van der Waals surface area contributed by atoms with Crippen LogP contribution in [-0.4, -0.2) is 25.2 Å². The topological polar surface area (TPSA) is 3.24 Å². The summed E-state index contributed by atoms with van der Waals surface area (Å²) in [5.74, 6) is 0.760. The molecule has 0 unspecified atom stereocenters. The largest absolute Gasteiger partial charge is 1.00 e. The van der Waals surface area contributed by atoms with Gasteiger partial charge in [0.1, 0.15) is 0 Å². The average Bonchev–Trinajstić information content (AvgIpc) is 2.01. The molecule has 0 fully saturated rings. The van der Waals surface area contributed by atoms with Crippen LogP contribution in [-0.2, 0) is 0 Å². The van der Waals surface area contributed by atoms with Gasteiger partial charge in [0.25, 0.3) is 0 Å². The van der Waals surface area contributed by atoms with Crippen LogP contribution in [0.2, 0.25) is 0 Å². The monoisotopic (exact) mass is 225 g/mol. The van der Waals surface area contributed by atoms with Gasteiger partial charge in [-0.05, 0) is 18.2 Å². The number of allylic oxidation sites excluding steroid dienone is 2. The van der Waals surface area contributed by atoms with Gasteiger partial charge in [0.2, 0.25) is 0 Å². The SMILES string of the molecule is CC(C)CN1C=CC=CC1.F[B-](F)(F)F.[H+]. The summed E-state index contributed by atoms with van der Waals surface area (Å²) < 4.78 is 39.0. The van der Waals surface area contributed by atoms with E-state index in [9.17, 15) is 17.3 Å². The van der Waals surface area contributed by atoms with Crippen molar-refractivity contribution in [1.29, 1.82) is 0 Å². The Labute approximate surface area is 89.0 Å². The Kier molecular flexibility index (Phi) is 6.12. The fourth-order valence-electron chi connectivity index (χ4n) is 1.11. The summed E-state index contributed by atoms with van der Waals surface area (Å²) in [5.41, 5.74) is 0. The summed E-state index contributed by atoms with van der Waals surface area (Å²) >= 11 is 0. The molecule has 0 aromatic heterocycles. The lowest BCUT2D eigenvalue weighted by atomic mass is 10.2. The quantitative estimate of drug-likeness (QED) is 0.513. The molecule has 15 heavy (non-hydrogen) atoms. The van der Waals surface area contributed by atoms with Gasteiger partial charge in [0, 0.05) is 13.1 Å². The van der Waals surface area contributed by atoms with Crippen molar-refractivity contribution in [2.24, 2.45) is 5.92 Å². The van der Waals surface area contributed by atoms with Crippen LogP contribution in [0.4, 0.5) is 17.3 Å². The summed E-state index contributed by atoms with van der Waals surface area (Å²) in [4.78, 5) is 2.32. The van der Waals surface area contributed by atoms with E-state index in [4.69, 9.17) is 0 Å². The van der Waals surface area contributed by atoms with Crippen LogP contribution in [0, 0.1) is 5.92 Å². The van der Waals surface area contributed by atoms with Crippen LogP contribution in [0.3, 0.4) is 0 Å². The zero-order valence-electron chi connectivity index (χ0n) is 9.84. The lowest BCUT2D eigenvalue weighted by Crippen LogP contribution is -2.23. The van der Waals surface area contributed by atoms with Gasteiger partial charge in [0.05, 0.1) is 0 Å². The van der Waals surface area contributed by atoms with E-state index < -0.39 is 7.25 Å². The van der Waals surface area contributed by atoms with Crippen molar-refractivity contribution in [3.8, 4) is 0 Å². The van der Waals surface area contributed by atoms with Gasteiger partial charge in [-0.3, -0.25) is 0 Å². The summed E-state index contributed by atoms with van der Waals surface area (Å²) in [6.45, 7) is 6.73. The van der Waals surface area contributed by atoms with E-state index in [0.29, 0.717) is 0 Å². The zero-order valence-corrected chi connectivity index (χ0v) is 8.84. The molecule has 1 nitrogen and oxygen atoms in total. The molecule has 0 atom stereocenters. The Morgan fingerprint density at radius 3 is 2.13 bits per heavy atom. The molecule has 0 radical (unpaired) electrons. The van der Waals surface area contributed by atoms with E-state index in [0.717, 1.165) is 12.5 Å². The Morgan fingerprint density at radius 2 is 1.80 bits per heavy atom. The third-order valence-corrected chi connectivity index (χ3v) is 1.48. The molecule has 0 N–H and O–H groups in total. The minimum atomic E-state index is -6.00. The predicted molar refractivity (Wildman–Crippen MR) is 56.0 cm³/mol. The second-order valence-corrected chi connectivity index (χ2v) is 3.61. The van der Waals surface area contributed by atoms with E-state index in [1.807, 2.05) is 0 Å². The number of halogens is 4. The van der Waals surface area contributed by atoms with Crippen LogP contribution in [0.5, 0.6) is 0 Å². The van der Waals surface area contributed by atoms with Crippen molar-refractivity contribution >= 4 is 7.25 Å². The van der Waals surface area contributed by atoms with Crippen molar-refractivity contribution in [2.75, 3.05) is 13.1 Å². The van der Waals surface area contributed by atoms with Crippen molar-refractivity contribution in [2.45, 2.75) is 13.8 Å². The molecular weight excluding hydrogens is 209 g/mol. The zero-order chi connectivity index (χ0) is 11.9. The second-order valence-electron chi connectivity index (χ2n) is 3.61. The van der Waals surface area contributed by atoms with Crippen molar-refractivity contribution in [3.63, 3.8) is 0 Å². The van der Waals surface area contributed by atoms with Gasteiger partial charge in [-0.25, -0.2) is 0 Å². The lowest BCUT2D eigenvalue weighted by molar-refractivity contribution is 0.357. The molecule has 0 saturated carbocycles. The fraction of sp³-hybridized carbons (Fsp3) is 0.556. The minimum Gasteiger partial charge on any atom is -0.418 e. The molecule has 0 aliphatic carbocycles. The first-order valence-corrected chi connectivity index (χ1v) is 4.73. The van der Waals surface area contributed by atoms with E-state index >= 15 is 0 Å². The third kappa shape index (κ3) is 13.1. The van der Waals surface area contributed by atoms with Crippen molar-refractivity contribution in [3.05, 3.63) is 24.4 Å². The molecule has 6 heteroatoms. The number of nitrogens with zero attached hydrogens (tertiary/aromatic N) is 1. The van der Waals surface area contributed by atoms with Gasteiger partial charge in [-0.15, -0.1) is 0 Å². The smallest absolute Gasteiger partial charge is 0.418 e. The van der Waals surface area contributed by atoms with Gasteiger partial charge in [-0.1, -0.05) is 26.0 Å². The maximum Gasteiger partial charge on any atom is 1.00 e. The number of hydrogen-bond acceptors (Lipinski definition) is 1. The number of hydrogen-bond donors (Lipinski definition) is 0. The molecule has 0 saturated heterocycles. The van der Waals surface area contributed by atoms with Crippen LogP contribution >= 0.6 is 0 Å². The highest BCUT2D eigenvalue weighted by molar-refractivity contribution is 6.50. The highest BCUT2D eigenvalue weighted by Crippen LogP contribution is 2.06. The van der Waals surface area contributed by atoms with Crippen LogP contribution < -0.4 is 0 Å². The van der Waals surface area contributed by atoms with E-state index in [1.165, 1.54) is 6.54 Å². The molecule has 1 rings (SSSR count). The molecule has 0 aromatic rings. The predicted octanol–water partition coefficient (Wildman–Crippen LogP) is 3.44. The first-order chi connectivity index (χ1) is 6.79. The highest BCUT2D eigenvalue weighted by atomic mass is 19.5. The normalized spacial score (nSPS) is 15.3. The molecule has 0 bridgehead atoms. The molecular formula is C9H16BF4N. The summed E-state index contributed by atoms with van der Waals surface area (Å²) in [6.07, 6.45) is 8.52. The molecule has 0 amide bonds. The Hall–Kier alpha value is -0.935. The fourth-order valence-corrected chi connectivity index (χ4v) is 1.11. The minimum absolute atomic E-state index is 0. The maximum absolute atomic E-state index is 9.75. The lowest BCUT2D eigenvalue weighted by Gasteiger charge is -2.22. The van der Waals surface area contributed by atoms with Crippen LogP contribution in [0.1, 0.15) is 15.3 Å². The van der Waals surface area contributed by atoms with Crippen LogP contribution in [0.25, 0.3) is 0 Å². The third-order valence-electron chi connectivity index (χ3n) is 1.48. The van der Waals surface area contributed by atoms with E-state index in [2.05, 4.69) is 43.2 Å². The van der Waals surface area contributed by atoms with Crippen LogP contribution in [0.15, 0.2) is 24.4 Å². The molecule has 0 aromatic carbocycles. The molecule has 1 heterocycles. The Balaban J connectivity index is 0. The van der Waals surface area contributed by atoms with E-state index in [1.54, 1.807) is 0 Å². The standard InChI is InChI=1S/C9H15N.BF4/c1-9(2)8-10-6-4-3-5-7-10;2-1(3,4)5/h3-6,9H,7-8H2,1-2H3;/q;-1/p+1. The second kappa shape index (κ2) is 6.53. The highest BCUT2D eigenvalue weighted by Gasteiger charge is 2.20. The summed E-state index contributed by atoms with van der Waals surface area (Å²) in [5, 5.41) is 0. The summed E-state index contributed by atoms with van der Waals surface area (Å²) in [7, 11) is -6.00. The molecule has 0 spiro atoms. The van der Waals surface area contributed by atoms with E-state index in [-0.39, 0.29) is 1.43 Å². The van der Waals surface area contributed by atoms with Gasteiger partial charge >= 0.3 is 8.68 Å². The van der Waals surface area contributed by atoms with Crippen molar-refractivity contribution < 1.29 is 18.7 Å². The molecule has 1 aliphatic rings. The maximum atomic E-state index is 9.75. The van der Waals surface area contributed by atoms with Crippen molar-refractivity contribution in [1.82, 2.24) is 4.90 Å². The molecule has 1 aliphatic heterocycles. The van der Waals surface area contributed by atoms with Gasteiger partial charge < -0.3 is 22.2 Å². The Bertz CT molecular complexity index is 222. The van der Waals surface area contributed by atoms with Gasteiger partial charge in [-0.2, -0.15) is 0 Å². The first-order valence-electron chi connectivity index (χ1n) is 4.73. The number of rotatable bonds is 2. The summed E-state index contributed by atoms with van der Waals surface area (Å²) in [6, 6.07) is 0. The van der Waals surface area contributed by atoms with Gasteiger partial charge in [0.15, 0.2) is 0 Å². The Morgan fingerprint density at radius 1 is 1.27 bits per heavy atom. The average molecular weight is 225 g/mol. The molecule has 88 valence electrons.